The zero-order chi connectivity index (χ0) is 9.60. The van der Waals surface area contributed by atoms with Gasteiger partial charge in [0, 0.05) is 30.7 Å². The molecular weight excluding hydrogens is 192 g/mol. The number of hydrogen-bond donors (Lipinski definition) is 1. The SMILES string of the molecule is CSN1CC2(CNc3ccccc32)C1. The van der Waals surface area contributed by atoms with Gasteiger partial charge in [-0.05, 0) is 17.9 Å². The molecule has 0 saturated carbocycles. The van der Waals surface area contributed by atoms with Crippen molar-refractivity contribution in [3.8, 4) is 0 Å². The van der Waals surface area contributed by atoms with Crippen molar-refractivity contribution in [3.05, 3.63) is 29.8 Å². The standard InChI is InChI=1S/C11H14N2S/c1-14-13-7-11(8-13)6-12-10-5-3-2-4-9(10)11/h2-5,12H,6-8H2,1H3. The summed E-state index contributed by atoms with van der Waals surface area (Å²) in [5.74, 6) is 0. The van der Waals surface area contributed by atoms with E-state index >= 15 is 0 Å². The highest BCUT2D eigenvalue weighted by Crippen LogP contribution is 2.44. The number of nitrogens with one attached hydrogen (secondary N) is 1. The Hall–Kier alpha value is -0.670. The molecule has 2 nitrogen and oxygen atoms in total. The van der Waals surface area contributed by atoms with Crippen molar-refractivity contribution < 1.29 is 0 Å². The van der Waals surface area contributed by atoms with E-state index in [4.69, 9.17) is 0 Å². The first kappa shape index (κ1) is 8.62. The molecule has 2 aliphatic rings. The summed E-state index contributed by atoms with van der Waals surface area (Å²) < 4.78 is 2.42. The lowest BCUT2D eigenvalue weighted by atomic mass is 9.77. The Morgan fingerprint density at radius 1 is 1.36 bits per heavy atom. The number of rotatable bonds is 1. The number of anilines is 1. The molecule has 1 saturated heterocycles. The third-order valence-corrected chi connectivity index (χ3v) is 4.11. The lowest BCUT2D eigenvalue weighted by molar-refractivity contribution is 0.188. The molecule has 0 aromatic heterocycles. The fraction of sp³-hybridized carbons (Fsp3) is 0.455. The summed E-state index contributed by atoms with van der Waals surface area (Å²) in [4.78, 5) is 0. The average Bonchev–Trinajstić information content (AvgIpc) is 2.55. The van der Waals surface area contributed by atoms with Crippen LogP contribution in [0.1, 0.15) is 5.56 Å². The van der Waals surface area contributed by atoms with Crippen LogP contribution in [0.25, 0.3) is 0 Å². The molecule has 0 amide bonds. The van der Waals surface area contributed by atoms with Gasteiger partial charge < -0.3 is 5.32 Å². The Morgan fingerprint density at radius 2 is 2.14 bits per heavy atom. The predicted molar refractivity (Wildman–Crippen MR) is 61.7 cm³/mol. The van der Waals surface area contributed by atoms with Crippen LogP contribution in [0, 0.1) is 0 Å². The second kappa shape index (κ2) is 2.91. The number of hydrogen-bond acceptors (Lipinski definition) is 3. The Bertz CT molecular complexity index is 358. The first-order valence-electron chi connectivity index (χ1n) is 4.96. The van der Waals surface area contributed by atoms with Crippen LogP contribution in [0.2, 0.25) is 0 Å². The van der Waals surface area contributed by atoms with Crippen molar-refractivity contribution in [2.75, 3.05) is 31.2 Å². The van der Waals surface area contributed by atoms with Gasteiger partial charge in [0.15, 0.2) is 0 Å². The maximum Gasteiger partial charge on any atom is 0.0419 e. The number of fused-ring (bicyclic) bond motifs is 2. The molecule has 2 heterocycles. The van der Waals surface area contributed by atoms with Crippen molar-refractivity contribution in [3.63, 3.8) is 0 Å². The van der Waals surface area contributed by atoms with E-state index in [1.807, 2.05) is 11.9 Å². The van der Waals surface area contributed by atoms with Gasteiger partial charge in [0.1, 0.15) is 0 Å². The zero-order valence-electron chi connectivity index (χ0n) is 8.29. The number of para-hydroxylation sites is 1. The second-order valence-electron chi connectivity index (χ2n) is 4.16. The van der Waals surface area contributed by atoms with Crippen LogP contribution in [0.4, 0.5) is 5.69 Å². The van der Waals surface area contributed by atoms with Crippen LogP contribution in [0.15, 0.2) is 24.3 Å². The summed E-state index contributed by atoms with van der Waals surface area (Å²) in [5, 5.41) is 3.50. The van der Waals surface area contributed by atoms with Crippen LogP contribution in [-0.2, 0) is 5.41 Å². The third-order valence-electron chi connectivity index (χ3n) is 3.33. The summed E-state index contributed by atoms with van der Waals surface area (Å²) in [6.07, 6.45) is 2.15. The van der Waals surface area contributed by atoms with Crippen LogP contribution in [0.3, 0.4) is 0 Å². The summed E-state index contributed by atoms with van der Waals surface area (Å²) >= 11 is 1.85. The molecular formula is C11H14N2S. The Balaban J connectivity index is 1.92. The molecule has 0 unspecified atom stereocenters. The smallest absolute Gasteiger partial charge is 0.0419 e. The van der Waals surface area contributed by atoms with E-state index in [1.54, 1.807) is 0 Å². The van der Waals surface area contributed by atoms with Gasteiger partial charge in [0.05, 0.1) is 0 Å². The zero-order valence-corrected chi connectivity index (χ0v) is 9.10. The highest BCUT2D eigenvalue weighted by molar-refractivity contribution is 7.96. The normalized spacial score (nSPS) is 22.9. The van der Waals surface area contributed by atoms with Crippen LogP contribution >= 0.6 is 11.9 Å². The van der Waals surface area contributed by atoms with Crippen LogP contribution in [-0.4, -0.2) is 30.2 Å². The molecule has 2 aliphatic heterocycles. The molecule has 14 heavy (non-hydrogen) atoms. The monoisotopic (exact) mass is 206 g/mol. The molecule has 0 bridgehead atoms. The highest BCUT2D eigenvalue weighted by atomic mass is 32.2. The summed E-state index contributed by atoms with van der Waals surface area (Å²) in [6.45, 7) is 3.50. The second-order valence-corrected chi connectivity index (χ2v) is 5.04. The van der Waals surface area contributed by atoms with E-state index < -0.39 is 0 Å². The Morgan fingerprint density at radius 3 is 2.93 bits per heavy atom. The van der Waals surface area contributed by atoms with Gasteiger partial charge in [-0.25, -0.2) is 4.31 Å². The van der Waals surface area contributed by atoms with E-state index in [0.29, 0.717) is 5.41 Å². The van der Waals surface area contributed by atoms with Crippen molar-refractivity contribution in [1.82, 2.24) is 4.31 Å². The van der Waals surface area contributed by atoms with Crippen LogP contribution in [0.5, 0.6) is 0 Å². The lowest BCUT2D eigenvalue weighted by Crippen LogP contribution is -2.57. The third kappa shape index (κ3) is 1.03. The first-order chi connectivity index (χ1) is 6.84. The van der Waals surface area contributed by atoms with E-state index in [2.05, 4.69) is 40.1 Å². The van der Waals surface area contributed by atoms with Crippen molar-refractivity contribution in [2.24, 2.45) is 0 Å². The Labute approximate surface area is 88.8 Å². The van der Waals surface area contributed by atoms with E-state index in [0.717, 1.165) is 6.54 Å². The largest absolute Gasteiger partial charge is 0.384 e. The fourth-order valence-electron chi connectivity index (χ4n) is 2.50. The molecule has 3 rings (SSSR count). The maximum atomic E-state index is 3.50. The minimum atomic E-state index is 0.416. The minimum absolute atomic E-state index is 0.416. The molecule has 0 aliphatic carbocycles. The quantitative estimate of drug-likeness (QED) is 0.707. The molecule has 1 fully saturated rings. The first-order valence-corrected chi connectivity index (χ1v) is 6.15. The van der Waals surface area contributed by atoms with Gasteiger partial charge in [-0.1, -0.05) is 30.1 Å². The van der Waals surface area contributed by atoms with Crippen molar-refractivity contribution >= 4 is 17.6 Å². The van der Waals surface area contributed by atoms with Crippen molar-refractivity contribution in [2.45, 2.75) is 5.41 Å². The Kier molecular flexibility index (Phi) is 1.79. The molecule has 74 valence electrons. The topological polar surface area (TPSA) is 15.3 Å². The molecule has 1 spiro atoms. The minimum Gasteiger partial charge on any atom is -0.384 e. The van der Waals surface area contributed by atoms with Gasteiger partial charge >= 0.3 is 0 Å². The molecule has 0 atom stereocenters. The van der Waals surface area contributed by atoms with Gasteiger partial charge in [0.2, 0.25) is 0 Å². The predicted octanol–water partition coefficient (Wildman–Crippen LogP) is 1.94. The van der Waals surface area contributed by atoms with E-state index in [1.165, 1.54) is 24.3 Å². The lowest BCUT2D eigenvalue weighted by Gasteiger charge is -2.46. The fourth-order valence-corrected chi connectivity index (χ4v) is 3.25. The summed E-state index contributed by atoms with van der Waals surface area (Å²) in [5.41, 5.74) is 3.28. The summed E-state index contributed by atoms with van der Waals surface area (Å²) in [7, 11) is 0. The summed E-state index contributed by atoms with van der Waals surface area (Å²) in [6, 6.07) is 8.71. The van der Waals surface area contributed by atoms with Gasteiger partial charge in [0.25, 0.3) is 0 Å². The molecule has 0 radical (unpaired) electrons. The van der Waals surface area contributed by atoms with Crippen LogP contribution < -0.4 is 5.32 Å². The number of nitrogens with zero attached hydrogens (tertiary/aromatic N) is 1. The van der Waals surface area contributed by atoms with E-state index in [9.17, 15) is 0 Å². The number of benzene rings is 1. The molecule has 1 N–H and O–H groups in total. The molecule has 1 aromatic rings. The van der Waals surface area contributed by atoms with Gasteiger partial charge in [-0.3, -0.25) is 0 Å². The average molecular weight is 206 g/mol. The highest BCUT2D eigenvalue weighted by Gasteiger charge is 2.48. The van der Waals surface area contributed by atoms with Crippen molar-refractivity contribution in [1.29, 1.82) is 0 Å². The molecule has 1 aromatic carbocycles. The van der Waals surface area contributed by atoms with E-state index in [-0.39, 0.29) is 0 Å². The molecule has 3 heteroatoms. The van der Waals surface area contributed by atoms with Gasteiger partial charge in [-0.2, -0.15) is 0 Å². The van der Waals surface area contributed by atoms with Gasteiger partial charge in [-0.15, -0.1) is 0 Å². The maximum absolute atomic E-state index is 3.50.